The molecule has 0 aliphatic rings. The lowest BCUT2D eigenvalue weighted by atomic mass is 10.2. The Labute approximate surface area is 170 Å². The first-order valence-electron chi connectivity index (χ1n) is 9.00. The predicted octanol–water partition coefficient (Wildman–Crippen LogP) is 2.42. The first-order valence-corrected chi connectivity index (χ1v) is 9.00. The summed E-state index contributed by atoms with van der Waals surface area (Å²) >= 11 is 0. The van der Waals surface area contributed by atoms with Crippen LogP contribution in [0.1, 0.15) is 22.8 Å². The molecule has 1 N–H and O–H groups in total. The second kappa shape index (κ2) is 9.37. The maximum absolute atomic E-state index is 12.3. The number of nitrogens with zero attached hydrogens (tertiary/aromatic N) is 1. The summed E-state index contributed by atoms with van der Waals surface area (Å²) in [6.45, 7) is 1.80. The van der Waals surface area contributed by atoms with E-state index in [9.17, 15) is 19.2 Å². The summed E-state index contributed by atoms with van der Waals surface area (Å²) in [5, 5.41) is 0. The molecule has 9 nitrogen and oxygen atoms in total. The van der Waals surface area contributed by atoms with E-state index < -0.39 is 23.4 Å². The molecule has 0 saturated heterocycles. The van der Waals surface area contributed by atoms with Crippen LogP contribution >= 0.6 is 0 Å². The number of carbonyl (C=O) groups is 2. The fourth-order valence-electron chi connectivity index (χ4n) is 2.56. The summed E-state index contributed by atoms with van der Waals surface area (Å²) in [5.74, 6) is -0.870. The van der Waals surface area contributed by atoms with Gasteiger partial charge in [-0.15, -0.1) is 0 Å². The Balaban J connectivity index is 1.74. The maximum atomic E-state index is 12.3. The van der Waals surface area contributed by atoms with Crippen LogP contribution in [0.4, 0.5) is 4.79 Å². The van der Waals surface area contributed by atoms with Gasteiger partial charge in [0.25, 0.3) is 5.56 Å². The molecule has 9 heteroatoms. The lowest BCUT2D eigenvalue weighted by Crippen LogP contribution is -2.33. The van der Waals surface area contributed by atoms with Crippen LogP contribution in [0.2, 0.25) is 0 Å². The molecular weight excluding hydrogens is 392 g/mol. The highest BCUT2D eigenvalue weighted by atomic mass is 16.7. The van der Waals surface area contributed by atoms with Gasteiger partial charge in [-0.1, -0.05) is 30.3 Å². The van der Waals surface area contributed by atoms with E-state index >= 15 is 0 Å². The van der Waals surface area contributed by atoms with Gasteiger partial charge in [-0.2, -0.15) is 0 Å². The number of H-pyrrole nitrogens is 1. The fraction of sp³-hybridized carbons (Fsp3) is 0.143. The van der Waals surface area contributed by atoms with E-state index in [4.69, 9.17) is 9.47 Å². The molecule has 0 spiro atoms. The predicted molar refractivity (Wildman–Crippen MR) is 106 cm³/mol. The van der Waals surface area contributed by atoms with Crippen molar-refractivity contribution in [1.29, 1.82) is 0 Å². The van der Waals surface area contributed by atoms with Gasteiger partial charge in [0, 0.05) is 0 Å². The lowest BCUT2D eigenvalue weighted by molar-refractivity contribution is 0.0472. The summed E-state index contributed by atoms with van der Waals surface area (Å²) in [4.78, 5) is 50.3. The molecule has 0 fully saturated rings. The first kappa shape index (κ1) is 20.6. The quantitative estimate of drug-likeness (QED) is 0.620. The maximum Gasteiger partial charge on any atom is 0.515 e. The van der Waals surface area contributed by atoms with Gasteiger partial charge in [0.2, 0.25) is 5.88 Å². The van der Waals surface area contributed by atoms with E-state index in [-0.39, 0.29) is 30.3 Å². The Kier molecular flexibility index (Phi) is 6.43. The number of nitrogens with one attached hydrogen (secondary N) is 1. The zero-order valence-corrected chi connectivity index (χ0v) is 16.0. The Hall–Kier alpha value is -4.14. The molecule has 2 aromatic carbocycles. The third-order valence-electron chi connectivity index (χ3n) is 3.94. The summed E-state index contributed by atoms with van der Waals surface area (Å²) in [6, 6.07) is 15.9. The van der Waals surface area contributed by atoms with Gasteiger partial charge < -0.3 is 14.2 Å². The number of hydrogen-bond donors (Lipinski definition) is 1. The smallest absolute Gasteiger partial charge is 0.457 e. The average molecular weight is 410 g/mol. The summed E-state index contributed by atoms with van der Waals surface area (Å²) < 4.78 is 15.4. The molecule has 0 unspecified atom stereocenters. The number of hydrogen-bond acceptors (Lipinski definition) is 7. The Bertz CT molecular complexity index is 1120. The van der Waals surface area contributed by atoms with Crippen LogP contribution in [0.5, 0.6) is 5.88 Å². The summed E-state index contributed by atoms with van der Waals surface area (Å²) in [7, 11) is 0. The molecule has 0 atom stereocenters. The third-order valence-corrected chi connectivity index (χ3v) is 3.94. The minimum absolute atomic E-state index is 0.0836. The Morgan fingerprint density at radius 2 is 1.67 bits per heavy atom. The lowest BCUT2D eigenvalue weighted by Gasteiger charge is -2.08. The first-order chi connectivity index (χ1) is 14.5. The number of benzene rings is 2. The topological polar surface area (TPSA) is 117 Å². The molecule has 3 rings (SSSR count). The van der Waals surface area contributed by atoms with E-state index in [1.807, 2.05) is 30.3 Å². The highest BCUT2D eigenvalue weighted by Crippen LogP contribution is 2.10. The van der Waals surface area contributed by atoms with Crippen molar-refractivity contribution < 1.29 is 23.8 Å². The number of aromatic amines is 1. The van der Waals surface area contributed by atoms with E-state index in [0.717, 1.165) is 16.2 Å². The van der Waals surface area contributed by atoms with Crippen LogP contribution in [-0.2, 0) is 16.1 Å². The van der Waals surface area contributed by atoms with E-state index in [1.54, 1.807) is 6.92 Å². The van der Waals surface area contributed by atoms with Gasteiger partial charge >= 0.3 is 17.8 Å². The number of rotatable bonds is 6. The number of aromatic nitrogens is 2. The van der Waals surface area contributed by atoms with Gasteiger partial charge in [0.1, 0.15) is 6.61 Å². The number of ether oxygens (including phenoxy) is 3. The Morgan fingerprint density at radius 3 is 2.30 bits per heavy atom. The van der Waals surface area contributed by atoms with Gasteiger partial charge in [-0.3, -0.25) is 9.78 Å². The number of carbonyl (C=O) groups excluding carboxylic acids is 2. The van der Waals surface area contributed by atoms with Crippen LogP contribution in [0, 0.1) is 0 Å². The largest absolute Gasteiger partial charge is 0.515 e. The second-order valence-electron chi connectivity index (χ2n) is 6.01. The number of esters is 1. The van der Waals surface area contributed by atoms with E-state index in [2.05, 4.69) is 9.72 Å². The third kappa shape index (κ3) is 5.02. The van der Waals surface area contributed by atoms with Crippen molar-refractivity contribution in [3.8, 4) is 11.6 Å². The van der Waals surface area contributed by atoms with Crippen LogP contribution in [0.25, 0.3) is 5.69 Å². The molecule has 3 aromatic rings. The van der Waals surface area contributed by atoms with Gasteiger partial charge in [0.15, 0.2) is 0 Å². The van der Waals surface area contributed by atoms with E-state index in [1.165, 1.54) is 24.3 Å². The highest BCUT2D eigenvalue weighted by molar-refractivity contribution is 5.89. The van der Waals surface area contributed by atoms with Crippen LogP contribution in [0.3, 0.4) is 0 Å². The monoisotopic (exact) mass is 410 g/mol. The molecule has 0 aliphatic carbocycles. The molecule has 0 aliphatic heterocycles. The van der Waals surface area contributed by atoms with Crippen molar-refractivity contribution in [2.75, 3.05) is 6.61 Å². The van der Waals surface area contributed by atoms with Crippen LogP contribution < -0.4 is 16.0 Å². The molecule has 1 heterocycles. The minimum atomic E-state index is -1.04. The standard InChI is InChI=1S/C21H18N2O7/c1-2-28-21(27)30-17-12-18(24)23(20(26)22-17)16-10-8-15(9-11-16)19(25)29-13-14-6-4-3-5-7-14/h3-12H,2,13H2,1H3,(H,22,26). The van der Waals surface area contributed by atoms with Gasteiger partial charge in [-0.25, -0.2) is 19.0 Å². The van der Waals surface area contributed by atoms with Gasteiger partial charge in [-0.05, 0) is 36.8 Å². The molecule has 30 heavy (non-hydrogen) atoms. The van der Waals surface area contributed by atoms with Crippen molar-refractivity contribution in [2.45, 2.75) is 13.5 Å². The van der Waals surface area contributed by atoms with Gasteiger partial charge in [0.05, 0.1) is 23.9 Å². The van der Waals surface area contributed by atoms with Crippen molar-refractivity contribution in [2.24, 2.45) is 0 Å². The minimum Gasteiger partial charge on any atom is -0.457 e. The fourth-order valence-corrected chi connectivity index (χ4v) is 2.56. The molecule has 0 radical (unpaired) electrons. The zero-order chi connectivity index (χ0) is 21.5. The normalized spacial score (nSPS) is 10.3. The second-order valence-corrected chi connectivity index (χ2v) is 6.01. The Morgan fingerprint density at radius 1 is 0.967 bits per heavy atom. The SMILES string of the molecule is CCOC(=O)Oc1cc(=O)n(-c2ccc(C(=O)OCc3ccccc3)cc2)c(=O)[nH]1. The van der Waals surface area contributed by atoms with Crippen molar-refractivity contribution in [3.05, 3.63) is 92.6 Å². The highest BCUT2D eigenvalue weighted by Gasteiger charge is 2.13. The molecule has 0 saturated carbocycles. The average Bonchev–Trinajstić information content (AvgIpc) is 2.73. The summed E-state index contributed by atoms with van der Waals surface area (Å²) in [5.41, 5.74) is -0.200. The van der Waals surface area contributed by atoms with Crippen LogP contribution in [0.15, 0.2) is 70.3 Å². The zero-order valence-electron chi connectivity index (χ0n) is 16.0. The van der Waals surface area contributed by atoms with Crippen LogP contribution in [-0.4, -0.2) is 28.3 Å². The molecule has 0 amide bonds. The van der Waals surface area contributed by atoms with Crippen molar-refractivity contribution in [3.63, 3.8) is 0 Å². The molecule has 1 aromatic heterocycles. The summed E-state index contributed by atoms with van der Waals surface area (Å²) in [6.07, 6.45) is -1.04. The molecular formula is C21H18N2O7. The molecule has 154 valence electrons. The van der Waals surface area contributed by atoms with Crippen molar-refractivity contribution >= 4 is 12.1 Å². The van der Waals surface area contributed by atoms with E-state index in [0.29, 0.717) is 0 Å². The molecule has 0 bridgehead atoms. The van der Waals surface area contributed by atoms with Crippen molar-refractivity contribution in [1.82, 2.24) is 9.55 Å².